The van der Waals surface area contributed by atoms with Crippen LogP contribution in [0.4, 0.5) is 0 Å². The quantitative estimate of drug-likeness (QED) is 0.473. The van der Waals surface area contributed by atoms with Crippen LogP contribution in [0.5, 0.6) is 5.75 Å². The molecule has 0 fully saturated rings. The Labute approximate surface area is 189 Å². The molecule has 10 heteroatoms. The molecule has 1 amide bonds. The third kappa shape index (κ3) is 5.60. The number of nitrogens with zero attached hydrogens (tertiary/aromatic N) is 1. The van der Waals surface area contributed by atoms with Crippen molar-refractivity contribution in [2.45, 2.75) is 62.9 Å². The summed E-state index contributed by atoms with van der Waals surface area (Å²) in [4.78, 5) is 25.3. The zero-order chi connectivity index (χ0) is 24.1. The lowest BCUT2D eigenvalue weighted by atomic mass is 9.90. The average Bonchev–Trinajstić information content (AvgIpc) is 2.82. The molecule has 32 heavy (non-hydrogen) atoms. The highest BCUT2D eigenvalue weighted by molar-refractivity contribution is 7.91. The van der Waals surface area contributed by atoms with Gasteiger partial charge in [0.1, 0.15) is 12.3 Å². The summed E-state index contributed by atoms with van der Waals surface area (Å²) in [5, 5.41) is 21.9. The number of benzene rings is 1. The Morgan fingerprint density at radius 3 is 2.53 bits per heavy atom. The van der Waals surface area contributed by atoms with Crippen molar-refractivity contribution in [2.24, 2.45) is 0 Å². The zero-order valence-corrected chi connectivity index (χ0v) is 20.0. The molecule has 3 N–H and O–H groups in total. The van der Waals surface area contributed by atoms with Gasteiger partial charge in [-0.2, -0.15) is 0 Å². The molecule has 0 aromatic heterocycles. The second kappa shape index (κ2) is 10.6. The van der Waals surface area contributed by atoms with Crippen LogP contribution < -0.4 is 10.1 Å². The molecule has 2 atom stereocenters. The minimum atomic E-state index is -3.76. The molecular formula is C22H34N2O7S. The second-order valence-electron chi connectivity index (χ2n) is 8.30. The van der Waals surface area contributed by atoms with E-state index in [2.05, 4.69) is 12.2 Å². The maximum absolute atomic E-state index is 13.5. The summed E-state index contributed by atoms with van der Waals surface area (Å²) in [6.45, 7) is 4.66. The van der Waals surface area contributed by atoms with Gasteiger partial charge >= 0.3 is 5.97 Å². The van der Waals surface area contributed by atoms with Gasteiger partial charge in [-0.05, 0) is 37.5 Å². The molecular weight excluding hydrogens is 436 g/mol. The number of aliphatic carboxylic acids is 1. The van der Waals surface area contributed by atoms with E-state index in [9.17, 15) is 23.1 Å². The first-order valence-corrected chi connectivity index (χ1v) is 12.5. The Morgan fingerprint density at radius 1 is 1.31 bits per heavy atom. The van der Waals surface area contributed by atoms with Crippen LogP contribution in [0.25, 0.3) is 0 Å². The van der Waals surface area contributed by atoms with Gasteiger partial charge in [0.2, 0.25) is 0 Å². The molecule has 1 aromatic rings. The number of rotatable bonds is 10. The molecule has 1 aliphatic rings. The number of fused-ring (bicyclic) bond motifs is 1. The molecule has 0 saturated carbocycles. The predicted octanol–water partition coefficient (Wildman–Crippen LogP) is 1.99. The number of unbranched alkanes of at least 4 members (excludes halogenated alkanes) is 1. The van der Waals surface area contributed by atoms with E-state index in [-0.39, 0.29) is 34.5 Å². The lowest BCUT2D eigenvalue weighted by Crippen LogP contribution is -2.49. The summed E-state index contributed by atoms with van der Waals surface area (Å²) in [5.74, 6) is -1.89. The molecule has 180 valence electrons. The monoisotopic (exact) mass is 470 g/mol. The lowest BCUT2D eigenvalue weighted by molar-refractivity contribution is -0.137. The van der Waals surface area contributed by atoms with E-state index in [4.69, 9.17) is 9.84 Å². The summed E-state index contributed by atoms with van der Waals surface area (Å²) < 4.78 is 32.4. The molecule has 0 aliphatic carbocycles. The summed E-state index contributed by atoms with van der Waals surface area (Å²) in [7, 11) is -2.39. The van der Waals surface area contributed by atoms with Crippen LogP contribution >= 0.6 is 0 Å². The molecule has 1 aliphatic heterocycles. The van der Waals surface area contributed by atoms with Crippen LogP contribution in [0.15, 0.2) is 17.0 Å². The molecule has 0 bridgehead atoms. The van der Waals surface area contributed by atoms with Gasteiger partial charge in [0, 0.05) is 18.1 Å². The molecule has 0 spiro atoms. The first-order chi connectivity index (χ1) is 15.0. The summed E-state index contributed by atoms with van der Waals surface area (Å²) in [6.07, 6.45) is 3.18. The first-order valence-electron chi connectivity index (χ1n) is 10.9. The summed E-state index contributed by atoms with van der Waals surface area (Å²) >= 11 is 0. The SMILES string of the molecule is CCCCC1(CC)CS(=O)(=O)c2cc(C(=O)N(CCO)CC(=O)O)c(OC)cc2C(C)N1. The first kappa shape index (κ1) is 26.1. The number of hydrogen-bond acceptors (Lipinski definition) is 7. The Balaban J connectivity index is 2.62. The normalized spacial score (nSPS) is 22.0. The number of aliphatic hydroxyl groups excluding tert-OH is 1. The van der Waals surface area contributed by atoms with Crippen LogP contribution in [0.1, 0.15) is 68.4 Å². The number of nitrogens with one attached hydrogen (secondary N) is 1. The van der Waals surface area contributed by atoms with E-state index in [0.29, 0.717) is 18.4 Å². The number of carbonyl (C=O) groups is 2. The number of amides is 1. The van der Waals surface area contributed by atoms with E-state index in [0.717, 1.165) is 17.7 Å². The number of carboxylic acids is 1. The molecule has 9 nitrogen and oxygen atoms in total. The minimum absolute atomic E-state index is 0.0470. The maximum Gasteiger partial charge on any atom is 0.323 e. The molecule has 2 unspecified atom stereocenters. The number of hydrogen-bond donors (Lipinski definition) is 3. The van der Waals surface area contributed by atoms with Crippen molar-refractivity contribution < 1.29 is 33.0 Å². The van der Waals surface area contributed by atoms with Gasteiger partial charge in [0.25, 0.3) is 5.91 Å². The molecule has 0 radical (unpaired) electrons. The van der Waals surface area contributed by atoms with Crippen molar-refractivity contribution in [3.05, 3.63) is 23.3 Å². The highest BCUT2D eigenvalue weighted by Gasteiger charge is 2.41. The fourth-order valence-corrected chi connectivity index (χ4v) is 6.49. The van der Waals surface area contributed by atoms with E-state index in [1.807, 2.05) is 13.8 Å². The predicted molar refractivity (Wildman–Crippen MR) is 120 cm³/mol. The largest absolute Gasteiger partial charge is 0.496 e. The Morgan fingerprint density at radius 2 is 2.00 bits per heavy atom. The van der Waals surface area contributed by atoms with Gasteiger partial charge in [-0.15, -0.1) is 0 Å². The standard InChI is InChI=1S/C22H34N2O7S/c1-5-7-8-22(6-2)14-32(29,30)19-12-17(18(31-4)11-16(19)15(3)23-22)21(28)24(9-10-25)13-20(26)27/h11-12,15,23,25H,5-10,13-14H2,1-4H3,(H,26,27). The van der Waals surface area contributed by atoms with E-state index in [1.54, 1.807) is 6.07 Å². The topological polar surface area (TPSA) is 133 Å². The van der Waals surface area contributed by atoms with Crippen LogP contribution in [-0.4, -0.2) is 73.5 Å². The summed E-state index contributed by atoms with van der Waals surface area (Å²) in [6, 6.07) is 2.54. The number of aliphatic hydroxyl groups is 1. The van der Waals surface area contributed by atoms with Gasteiger partial charge in [0.15, 0.2) is 9.84 Å². The van der Waals surface area contributed by atoms with Crippen molar-refractivity contribution in [1.29, 1.82) is 0 Å². The number of ether oxygens (including phenoxy) is 1. The van der Waals surface area contributed by atoms with E-state index in [1.165, 1.54) is 13.2 Å². The van der Waals surface area contributed by atoms with Crippen molar-refractivity contribution in [2.75, 3.05) is 32.6 Å². The minimum Gasteiger partial charge on any atom is -0.496 e. The molecule has 1 aromatic carbocycles. The highest BCUT2D eigenvalue weighted by Crippen LogP contribution is 2.38. The van der Waals surface area contributed by atoms with Crippen molar-refractivity contribution in [3.8, 4) is 5.75 Å². The number of carbonyl (C=O) groups excluding carboxylic acids is 1. The Kier molecular flexibility index (Phi) is 8.67. The van der Waals surface area contributed by atoms with Crippen LogP contribution in [0, 0.1) is 0 Å². The number of carboxylic acid groups (broad SMARTS) is 1. The molecule has 2 rings (SSSR count). The van der Waals surface area contributed by atoms with Crippen molar-refractivity contribution in [1.82, 2.24) is 10.2 Å². The Bertz CT molecular complexity index is 948. The fraction of sp³-hybridized carbons (Fsp3) is 0.636. The van der Waals surface area contributed by atoms with E-state index >= 15 is 0 Å². The van der Waals surface area contributed by atoms with Crippen LogP contribution in [0.3, 0.4) is 0 Å². The molecule has 0 saturated heterocycles. The van der Waals surface area contributed by atoms with E-state index < -0.39 is 40.4 Å². The number of sulfone groups is 1. The van der Waals surface area contributed by atoms with Gasteiger partial charge in [-0.3, -0.25) is 9.59 Å². The fourth-order valence-electron chi connectivity index (χ4n) is 4.29. The van der Waals surface area contributed by atoms with Crippen molar-refractivity contribution >= 4 is 21.7 Å². The average molecular weight is 471 g/mol. The zero-order valence-electron chi connectivity index (χ0n) is 19.2. The van der Waals surface area contributed by atoms with Gasteiger partial charge < -0.3 is 25.2 Å². The van der Waals surface area contributed by atoms with Crippen molar-refractivity contribution in [3.63, 3.8) is 0 Å². The van der Waals surface area contributed by atoms with Gasteiger partial charge in [-0.1, -0.05) is 26.7 Å². The van der Waals surface area contributed by atoms with Crippen LogP contribution in [0.2, 0.25) is 0 Å². The summed E-state index contributed by atoms with van der Waals surface area (Å²) in [5.41, 5.74) is -0.122. The third-order valence-electron chi connectivity index (χ3n) is 6.02. The van der Waals surface area contributed by atoms with Crippen LogP contribution in [-0.2, 0) is 14.6 Å². The number of methoxy groups -OCH3 is 1. The molecule has 1 heterocycles. The Hall–Kier alpha value is -2.17. The maximum atomic E-state index is 13.5. The second-order valence-corrected chi connectivity index (χ2v) is 10.3. The highest BCUT2D eigenvalue weighted by atomic mass is 32.2. The van der Waals surface area contributed by atoms with Gasteiger partial charge in [0.05, 0.1) is 29.9 Å². The third-order valence-corrected chi connectivity index (χ3v) is 7.98. The van der Waals surface area contributed by atoms with Gasteiger partial charge in [-0.25, -0.2) is 8.42 Å². The lowest BCUT2D eigenvalue weighted by Gasteiger charge is -2.34. The smallest absolute Gasteiger partial charge is 0.323 e.